The van der Waals surface area contributed by atoms with Crippen molar-refractivity contribution in [2.75, 3.05) is 18.1 Å². The maximum Gasteiger partial charge on any atom is 0.311 e. The van der Waals surface area contributed by atoms with E-state index in [1.165, 1.54) is 38.5 Å². The van der Waals surface area contributed by atoms with Gasteiger partial charge >= 0.3 is 5.97 Å². The summed E-state index contributed by atoms with van der Waals surface area (Å²) in [5.74, 6) is 0.674. The number of carbonyl (C=O) groups excluding carboxylic acids is 1. The van der Waals surface area contributed by atoms with Gasteiger partial charge in [0.2, 0.25) is 0 Å². The van der Waals surface area contributed by atoms with Gasteiger partial charge in [0.05, 0.1) is 18.7 Å². The number of hydrogen-bond acceptors (Lipinski definition) is 5. The molecule has 21 heavy (non-hydrogen) atoms. The summed E-state index contributed by atoms with van der Waals surface area (Å²) < 4.78 is 5.00. The van der Waals surface area contributed by atoms with Crippen molar-refractivity contribution in [3.8, 4) is 0 Å². The third-order valence-corrected chi connectivity index (χ3v) is 5.59. The van der Waals surface area contributed by atoms with Crippen LogP contribution in [0.4, 0.5) is 5.13 Å². The SMILES string of the molecule is CCOC(=O)Cc1csc(N2CCCC2C2CCCC2)n1. The zero-order valence-corrected chi connectivity index (χ0v) is 13.5. The predicted octanol–water partition coefficient (Wildman–Crippen LogP) is 3.41. The molecular weight excluding hydrogens is 284 g/mol. The predicted molar refractivity (Wildman–Crippen MR) is 84.8 cm³/mol. The van der Waals surface area contributed by atoms with Gasteiger partial charge in [-0.2, -0.15) is 0 Å². The summed E-state index contributed by atoms with van der Waals surface area (Å²) in [6.07, 6.45) is 8.41. The van der Waals surface area contributed by atoms with Crippen molar-refractivity contribution in [2.24, 2.45) is 5.92 Å². The number of ether oxygens (including phenoxy) is 1. The number of aromatic nitrogens is 1. The van der Waals surface area contributed by atoms with E-state index in [1.807, 2.05) is 12.3 Å². The van der Waals surface area contributed by atoms with Crippen LogP contribution in [-0.2, 0) is 16.0 Å². The van der Waals surface area contributed by atoms with Crippen LogP contribution in [0.5, 0.6) is 0 Å². The second-order valence-corrected chi connectivity index (χ2v) is 6.89. The van der Waals surface area contributed by atoms with Gasteiger partial charge in [-0.3, -0.25) is 4.79 Å². The number of carbonyl (C=O) groups is 1. The van der Waals surface area contributed by atoms with Gasteiger partial charge in [-0.05, 0) is 38.5 Å². The summed E-state index contributed by atoms with van der Waals surface area (Å²) in [6, 6.07) is 0.675. The Morgan fingerprint density at radius 2 is 2.19 bits per heavy atom. The van der Waals surface area contributed by atoms with Crippen molar-refractivity contribution in [3.63, 3.8) is 0 Å². The van der Waals surface area contributed by atoms with Gasteiger partial charge < -0.3 is 9.64 Å². The molecule has 1 aromatic heterocycles. The first-order valence-electron chi connectivity index (χ1n) is 8.14. The average Bonchev–Trinajstić information content (AvgIpc) is 3.19. The lowest BCUT2D eigenvalue weighted by Gasteiger charge is -2.29. The Balaban J connectivity index is 1.65. The summed E-state index contributed by atoms with van der Waals surface area (Å²) in [5, 5.41) is 3.11. The highest BCUT2D eigenvalue weighted by Crippen LogP contribution is 2.38. The summed E-state index contributed by atoms with van der Waals surface area (Å²) in [5.41, 5.74) is 0.852. The van der Waals surface area contributed by atoms with Crippen LogP contribution in [0.15, 0.2) is 5.38 Å². The smallest absolute Gasteiger partial charge is 0.311 e. The molecule has 4 nitrogen and oxygen atoms in total. The van der Waals surface area contributed by atoms with Gasteiger partial charge in [0, 0.05) is 18.0 Å². The highest BCUT2D eigenvalue weighted by Gasteiger charge is 2.34. The Morgan fingerprint density at radius 1 is 1.38 bits per heavy atom. The molecule has 0 N–H and O–H groups in total. The molecule has 2 heterocycles. The fourth-order valence-corrected chi connectivity index (χ4v) is 4.64. The van der Waals surface area contributed by atoms with Crippen molar-refractivity contribution in [1.29, 1.82) is 0 Å². The molecule has 1 saturated carbocycles. The van der Waals surface area contributed by atoms with Crippen LogP contribution >= 0.6 is 11.3 Å². The molecule has 2 fully saturated rings. The van der Waals surface area contributed by atoms with Gasteiger partial charge in [-0.25, -0.2) is 4.98 Å². The average molecular weight is 308 g/mol. The molecule has 116 valence electrons. The third-order valence-electron chi connectivity index (χ3n) is 4.66. The minimum absolute atomic E-state index is 0.178. The normalized spacial score (nSPS) is 22.9. The highest BCUT2D eigenvalue weighted by molar-refractivity contribution is 7.13. The molecule has 0 amide bonds. The van der Waals surface area contributed by atoms with Crippen molar-refractivity contribution in [1.82, 2.24) is 4.98 Å². The second kappa shape index (κ2) is 6.77. The lowest BCUT2D eigenvalue weighted by molar-refractivity contribution is -0.142. The number of nitrogens with zero attached hydrogens (tertiary/aromatic N) is 2. The van der Waals surface area contributed by atoms with Crippen molar-refractivity contribution < 1.29 is 9.53 Å². The zero-order valence-electron chi connectivity index (χ0n) is 12.7. The third kappa shape index (κ3) is 3.39. The van der Waals surface area contributed by atoms with E-state index in [4.69, 9.17) is 4.74 Å². The zero-order chi connectivity index (χ0) is 14.7. The van der Waals surface area contributed by atoms with Crippen LogP contribution in [0.3, 0.4) is 0 Å². The number of anilines is 1. The molecule has 0 spiro atoms. The Labute approximate surface area is 130 Å². The molecular formula is C16H24N2O2S. The fraction of sp³-hybridized carbons (Fsp3) is 0.750. The van der Waals surface area contributed by atoms with E-state index < -0.39 is 0 Å². The lowest BCUT2D eigenvalue weighted by Crippen LogP contribution is -2.34. The Hall–Kier alpha value is -1.10. The van der Waals surface area contributed by atoms with Crippen LogP contribution in [0.25, 0.3) is 0 Å². The van der Waals surface area contributed by atoms with E-state index in [0.717, 1.165) is 23.3 Å². The standard InChI is InChI=1S/C16H24N2O2S/c1-2-20-15(19)10-13-11-21-16(17-13)18-9-5-8-14(18)12-6-3-4-7-12/h11-12,14H,2-10H2,1H3. The lowest BCUT2D eigenvalue weighted by atomic mass is 9.96. The summed E-state index contributed by atoms with van der Waals surface area (Å²) in [7, 11) is 0. The maximum atomic E-state index is 11.5. The molecule has 5 heteroatoms. The van der Waals surface area contributed by atoms with Crippen LogP contribution in [0, 0.1) is 5.92 Å². The second-order valence-electron chi connectivity index (χ2n) is 6.05. The monoisotopic (exact) mass is 308 g/mol. The summed E-state index contributed by atoms with van der Waals surface area (Å²) >= 11 is 1.68. The molecule has 0 radical (unpaired) electrons. The molecule has 1 aromatic rings. The largest absolute Gasteiger partial charge is 0.466 e. The van der Waals surface area contributed by atoms with Crippen molar-refractivity contribution in [2.45, 2.75) is 57.9 Å². The van der Waals surface area contributed by atoms with Crippen LogP contribution < -0.4 is 4.90 Å². The number of esters is 1. The summed E-state index contributed by atoms with van der Waals surface area (Å²) in [4.78, 5) is 18.7. The first-order chi connectivity index (χ1) is 10.3. The molecule has 2 aliphatic rings. The molecule has 1 saturated heterocycles. The first kappa shape index (κ1) is 14.8. The minimum atomic E-state index is -0.178. The Bertz CT molecular complexity index is 482. The van der Waals surface area contributed by atoms with Crippen molar-refractivity contribution >= 4 is 22.4 Å². The quantitative estimate of drug-likeness (QED) is 0.782. The van der Waals surface area contributed by atoms with Crippen molar-refractivity contribution in [3.05, 3.63) is 11.1 Å². The summed E-state index contributed by atoms with van der Waals surface area (Å²) in [6.45, 7) is 3.39. The van der Waals surface area contributed by atoms with E-state index in [2.05, 4.69) is 9.88 Å². The van der Waals surface area contributed by atoms with Gasteiger partial charge in [0.1, 0.15) is 0 Å². The van der Waals surface area contributed by atoms with E-state index in [-0.39, 0.29) is 5.97 Å². The molecule has 1 unspecified atom stereocenters. The van der Waals surface area contributed by atoms with Crippen LogP contribution in [0.1, 0.15) is 51.1 Å². The fourth-order valence-electron chi connectivity index (χ4n) is 3.73. The minimum Gasteiger partial charge on any atom is -0.466 e. The van der Waals surface area contributed by atoms with Gasteiger partial charge in [-0.15, -0.1) is 11.3 Å². The molecule has 1 aliphatic heterocycles. The highest BCUT2D eigenvalue weighted by atomic mass is 32.1. The molecule has 3 rings (SSSR count). The van der Waals surface area contributed by atoms with Crippen LogP contribution in [0.2, 0.25) is 0 Å². The van der Waals surface area contributed by atoms with Gasteiger partial charge in [0.25, 0.3) is 0 Å². The van der Waals surface area contributed by atoms with E-state index in [9.17, 15) is 4.79 Å². The molecule has 0 aromatic carbocycles. The van der Waals surface area contributed by atoms with E-state index in [1.54, 1.807) is 11.3 Å². The maximum absolute atomic E-state index is 11.5. The molecule has 0 bridgehead atoms. The number of rotatable bonds is 5. The van der Waals surface area contributed by atoms with Gasteiger partial charge in [0.15, 0.2) is 5.13 Å². The Morgan fingerprint density at radius 3 is 2.95 bits per heavy atom. The van der Waals surface area contributed by atoms with Crippen LogP contribution in [-0.4, -0.2) is 30.1 Å². The van der Waals surface area contributed by atoms with E-state index in [0.29, 0.717) is 19.1 Å². The Kier molecular flexibility index (Phi) is 4.78. The van der Waals surface area contributed by atoms with Gasteiger partial charge in [-0.1, -0.05) is 12.8 Å². The topological polar surface area (TPSA) is 42.4 Å². The first-order valence-corrected chi connectivity index (χ1v) is 9.02. The number of hydrogen-bond donors (Lipinski definition) is 0. The molecule has 1 atom stereocenters. The molecule has 1 aliphatic carbocycles. The van der Waals surface area contributed by atoms with E-state index >= 15 is 0 Å². The number of thiazole rings is 1.